The summed E-state index contributed by atoms with van der Waals surface area (Å²) in [6.07, 6.45) is 2.48. The monoisotopic (exact) mass is 356 g/mol. The van der Waals surface area contributed by atoms with Crippen LogP contribution in [0.2, 0.25) is 0 Å². The maximum Gasteiger partial charge on any atom is 0.287 e. The average Bonchev–Trinajstić information content (AvgIpc) is 2.96. The minimum atomic E-state index is -0.225. The molecule has 0 saturated carbocycles. The van der Waals surface area contributed by atoms with Gasteiger partial charge in [0.05, 0.1) is 5.71 Å². The summed E-state index contributed by atoms with van der Waals surface area (Å²) < 4.78 is 5.84. The Bertz CT molecular complexity index is 827. The molecule has 7 heteroatoms. The first kappa shape index (κ1) is 17.2. The van der Waals surface area contributed by atoms with Crippen LogP contribution in [0, 0.1) is 6.92 Å². The van der Waals surface area contributed by atoms with E-state index >= 15 is 0 Å². The molecule has 0 fully saturated rings. The first-order chi connectivity index (χ1) is 12.1. The Morgan fingerprint density at radius 3 is 2.80 bits per heavy atom. The lowest BCUT2D eigenvalue weighted by Gasteiger charge is -2.13. The smallest absolute Gasteiger partial charge is 0.287 e. The van der Waals surface area contributed by atoms with E-state index in [1.54, 1.807) is 0 Å². The molecule has 0 aliphatic heterocycles. The third kappa shape index (κ3) is 3.88. The van der Waals surface area contributed by atoms with Gasteiger partial charge in [0.2, 0.25) is 0 Å². The van der Waals surface area contributed by atoms with Crippen LogP contribution in [0.5, 0.6) is 0 Å². The third-order valence-corrected chi connectivity index (χ3v) is 4.22. The van der Waals surface area contributed by atoms with E-state index in [1.807, 2.05) is 37.3 Å². The van der Waals surface area contributed by atoms with E-state index in [-0.39, 0.29) is 11.0 Å². The Kier molecular flexibility index (Phi) is 5.14. The number of nitrogens with two attached hydrogens (primary N) is 1. The predicted octanol–water partition coefficient (Wildman–Crippen LogP) is 2.39. The fourth-order valence-electron chi connectivity index (χ4n) is 2.98. The van der Waals surface area contributed by atoms with Crippen LogP contribution < -0.4 is 16.5 Å². The van der Waals surface area contributed by atoms with Gasteiger partial charge in [-0.15, -0.1) is 0 Å². The number of benzene rings is 1. The van der Waals surface area contributed by atoms with E-state index in [2.05, 4.69) is 15.8 Å². The van der Waals surface area contributed by atoms with Gasteiger partial charge < -0.3 is 15.5 Å². The minimum Gasteiger partial charge on any atom is -0.455 e. The number of amides is 1. The highest BCUT2D eigenvalue weighted by Gasteiger charge is 2.27. The molecule has 1 amide bonds. The van der Waals surface area contributed by atoms with Crippen molar-refractivity contribution in [3.63, 3.8) is 0 Å². The summed E-state index contributed by atoms with van der Waals surface area (Å²) >= 11 is 4.80. The summed E-state index contributed by atoms with van der Waals surface area (Å²) in [6.45, 7) is 2.33. The van der Waals surface area contributed by atoms with Crippen molar-refractivity contribution >= 4 is 28.9 Å². The first-order valence-electron chi connectivity index (χ1n) is 8.13. The number of fused-ring (bicyclic) bond motifs is 1. The topological polar surface area (TPSA) is 92.6 Å². The fourth-order valence-corrected chi connectivity index (χ4v) is 3.02. The van der Waals surface area contributed by atoms with Gasteiger partial charge in [0.1, 0.15) is 5.76 Å². The summed E-state index contributed by atoms with van der Waals surface area (Å²) in [4.78, 5) is 12.5. The number of carbonyl (C=O) groups excluding carboxylic acids is 1. The number of thiocarbonyl (C=S) groups is 1. The highest BCUT2D eigenvalue weighted by Crippen LogP contribution is 2.29. The van der Waals surface area contributed by atoms with Crippen molar-refractivity contribution in [2.45, 2.75) is 32.7 Å². The largest absolute Gasteiger partial charge is 0.455 e. The van der Waals surface area contributed by atoms with Gasteiger partial charge >= 0.3 is 0 Å². The van der Waals surface area contributed by atoms with Crippen molar-refractivity contribution < 1.29 is 9.21 Å². The van der Waals surface area contributed by atoms with E-state index in [1.165, 1.54) is 0 Å². The fraction of sp³-hybridized carbons (Fsp3) is 0.278. The molecule has 1 aromatic heterocycles. The van der Waals surface area contributed by atoms with Crippen LogP contribution in [0.4, 0.5) is 0 Å². The summed E-state index contributed by atoms with van der Waals surface area (Å²) in [7, 11) is 0. The summed E-state index contributed by atoms with van der Waals surface area (Å²) in [5.41, 5.74) is 11.6. The van der Waals surface area contributed by atoms with Crippen molar-refractivity contribution in [2.75, 3.05) is 0 Å². The number of furan rings is 1. The van der Waals surface area contributed by atoms with Crippen LogP contribution >= 0.6 is 12.2 Å². The summed E-state index contributed by atoms with van der Waals surface area (Å²) in [5, 5.41) is 7.27. The molecule has 2 aromatic rings. The third-order valence-electron chi connectivity index (χ3n) is 4.13. The Morgan fingerprint density at radius 1 is 1.32 bits per heavy atom. The van der Waals surface area contributed by atoms with Crippen molar-refractivity contribution in [3.8, 4) is 0 Å². The highest BCUT2D eigenvalue weighted by molar-refractivity contribution is 7.80. The molecule has 0 radical (unpaired) electrons. The van der Waals surface area contributed by atoms with Gasteiger partial charge in [0.15, 0.2) is 10.9 Å². The van der Waals surface area contributed by atoms with Crippen LogP contribution in [-0.4, -0.2) is 16.7 Å². The van der Waals surface area contributed by atoms with Gasteiger partial charge in [0.25, 0.3) is 5.91 Å². The maximum absolute atomic E-state index is 12.5. The zero-order valence-corrected chi connectivity index (χ0v) is 14.8. The first-order valence-corrected chi connectivity index (χ1v) is 8.54. The molecule has 1 aromatic carbocycles. The van der Waals surface area contributed by atoms with Gasteiger partial charge in [-0.2, -0.15) is 5.10 Å². The van der Waals surface area contributed by atoms with Crippen molar-refractivity contribution in [1.29, 1.82) is 0 Å². The zero-order valence-electron chi connectivity index (χ0n) is 14.0. The maximum atomic E-state index is 12.5. The van der Waals surface area contributed by atoms with E-state index in [0.717, 1.165) is 47.4 Å². The number of nitrogens with one attached hydrogen (secondary N) is 2. The second-order valence-electron chi connectivity index (χ2n) is 5.91. The second kappa shape index (κ2) is 7.48. The molecule has 1 aliphatic rings. The lowest BCUT2D eigenvalue weighted by molar-refractivity contribution is 0.0920. The molecule has 0 atom stereocenters. The molecule has 130 valence electrons. The van der Waals surface area contributed by atoms with Crippen LogP contribution in [0.1, 0.15) is 45.8 Å². The zero-order chi connectivity index (χ0) is 17.8. The molecule has 25 heavy (non-hydrogen) atoms. The molecule has 1 aliphatic carbocycles. The van der Waals surface area contributed by atoms with Crippen LogP contribution in [0.3, 0.4) is 0 Å². The highest BCUT2D eigenvalue weighted by atomic mass is 32.1. The van der Waals surface area contributed by atoms with Gasteiger partial charge in [0, 0.05) is 24.1 Å². The second-order valence-corrected chi connectivity index (χ2v) is 6.35. The SMILES string of the molecule is Cc1c(C(=O)NCc2ccccc2)oc2c1/C(=N/NC(N)=S)CCC2. The molecular weight excluding hydrogens is 336 g/mol. The number of rotatable bonds is 4. The average molecular weight is 356 g/mol. The molecule has 0 saturated heterocycles. The number of nitrogens with zero attached hydrogens (tertiary/aromatic N) is 1. The van der Waals surface area contributed by atoms with Gasteiger partial charge in [-0.25, -0.2) is 0 Å². The molecule has 0 spiro atoms. The van der Waals surface area contributed by atoms with Gasteiger partial charge in [-0.05, 0) is 37.5 Å². The van der Waals surface area contributed by atoms with Gasteiger partial charge in [-0.1, -0.05) is 30.3 Å². The number of hydrazone groups is 1. The van der Waals surface area contributed by atoms with Gasteiger partial charge in [-0.3, -0.25) is 10.2 Å². The molecule has 0 unspecified atom stereocenters. The lowest BCUT2D eigenvalue weighted by Crippen LogP contribution is -2.26. The quantitative estimate of drug-likeness (QED) is 0.578. The molecule has 0 bridgehead atoms. The van der Waals surface area contributed by atoms with E-state index in [0.29, 0.717) is 12.3 Å². The van der Waals surface area contributed by atoms with Crippen LogP contribution in [0.15, 0.2) is 39.9 Å². The molecular formula is C18H20N4O2S. The number of carbonyl (C=O) groups is 1. The Morgan fingerprint density at radius 2 is 2.08 bits per heavy atom. The van der Waals surface area contributed by atoms with Crippen LogP contribution in [-0.2, 0) is 13.0 Å². The standard InChI is InChI=1S/C18H20N4O2S/c1-11-15-13(21-22-18(19)25)8-5-9-14(15)24-16(11)17(23)20-10-12-6-3-2-4-7-12/h2-4,6-7H,5,8-10H2,1H3,(H,20,23)(H3,19,22,25)/b21-13+. The van der Waals surface area contributed by atoms with Crippen molar-refractivity contribution in [1.82, 2.24) is 10.7 Å². The number of aryl methyl sites for hydroxylation is 1. The normalized spacial score (nSPS) is 14.8. The Labute approximate surface area is 151 Å². The van der Waals surface area contributed by atoms with Crippen molar-refractivity contribution in [2.24, 2.45) is 10.8 Å². The number of hydrogen-bond donors (Lipinski definition) is 3. The van der Waals surface area contributed by atoms with Crippen molar-refractivity contribution in [3.05, 3.63) is 58.5 Å². The minimum absolute atomic E-state index is 0.113. The van der Waals surface area contributed by atoms with E-state index in [4.69, 9.17) is 22.4 Å². The summed E-state index contributed by atoms with van der Waals surface area (Å²) in [6, 6.07) is 9.75. The molecule has 6 nitrogen and oxygen atoms in total. The molecule has 4 N–H and O–H groups in total. The summed E-state index contributed by atoms with van der Waals surface area (Å²) in [5.74, 6) is 0.903. The predicted molar refractivity (Wildman–Crippen MR) is 100 cm³/mol. The Hall–Kier alpha value is -2.67. The van der Waals surface area contributed by atoms with E-state index < -0.39 is 0 Å². The van der Waals surface area contributed by atoms with E-state index in [9.17, 15) is 4.79 Å². The molecule has 3 rings (SSSR count). The number of hydrogen-bond acceptors (Lipinski definition) is 4. The molecule has 1 heterocycles. The lowest BCUT2D eigenvalue weighted by atomic mass is 9.93. The van der Waals surface area contributed by atoms with Crippen LogP contribution in [0.25, 0.3) is 0 Å². The Balaban J connectivity index is 1.80.